The van der Waals surface area contributed by atoms with Crippen LogP contribution in [0, 0.1) is 12.3 Å². The number of hydrogen-bond acceptors (Lipinski definition) is 8. The monoisotopic (exact) mass is 598 g/mol. The highest BCUT2D eigenvalue weighted by atomic mass is 79.9. The average molecular weight is 600 g/mol. The summed E-state index contributed by atoms with van der Waals surface area (Å²) in [4.78, 5) is 16.7. The van der Waals surface area contributed by atoms with E-state index in [0.29, 0.717) is 52.9 Å². The molecule has 8 nitrogen and oxygen atoms in total. The number of nitrogens with zero attached hydrogens (tertiary/aromatic N) is 4. The smallest absolute Gasteiger partial charge is 0.163 e. The number of fused-ring (bicyclic) bond motifs is 1. The third-order valence-electron chi connectivity index (χ3n) is 6.54. The first-order chi connectivity index (χ1) is 18.2. The van der Waals surface area contributed by atoms with Gasteiger partial charge in [0.2, 0.25) is 0 Å². The molecule has 3 N–H and O–H groups in total. The van der Waals surface area contributed by atoms with Crippen molar-refractivity contribution in [2.75, 3.05) is 18.6 Å². The van der Waals surface area contributed by atoms with Crippen LogP contribution in [0.3, 0.4) is 0 Å². The fourth-order valence-electron chi connectivity index (χ4n) is 4.49. The predicted molar refractivity (Wildman–Crippen MR) is 156 cm³/mol. The van der Waals surface area contributed by atoms with Gasteiger partial charge in [0, 0.05) is 36.5 Å². The molecule has 0 saturated heterocycles. The van der Waals surface area contributed by atoms with Crippen molar-refractivity contribution in [2.45, 2.75) is 52.8 Å². The van der Waals surface area contributed by atoms with Gasteiger partial charge in [-0.05, 0) is 66.0 Å². The van der Waals surface area contributed by atoms with E-state index >= 15 is 0 Å². The average Bonchev–Trinajstić information content (AvgIpc) is 3.33. The Hall–Kier alpha value is -3.01. The third kappa shape index (κ3) is 6.00. The van der Waals surface area contributed by atoms with Crippen molar-refractivity contribution in [3.05, 3.63) is 69.6 Å². The second kappa shape index (κ2) is 12.2. The Bertz CT molecular complexity index is 1350. The van der Waals surface area contributed by atoms with Gasteiger partial charge in [-0.1, -0.05) is 31.0 Å². The number of aliphatic hydroxyl groups excluding tert-OH is 1. The number of pyridine rings is 1. The fourth-order valence-corrected chi connectivity index (χ4v) is 4.89. The number of benzene rings is 1. The van der Waals surface area contributed by atoms with E-state index in [-0.39, 0.29) is 11.2 Å². The van der Waals surface area contributed by atoms with Gasteiger partial charge in [-0.25, -0.2) is 9.97 Å². The van der Waals surface area contributed by atoms with E-state index in [0.717, 1.165) is 34.8 Å². The zero-order valence-corrected chi connectivity index (χ0v) is 24.3. The Labute approximate surface area is 236 Å². The van der Waals surface area contributed by atoms with Gasteiger partial charge in [-0.2, -0.15) is 0 Å². The SMILES string of the molecule is CCC[C@@H](O)COc1ccc(Cl)c(-c2nc(/C(NC)=C(\C)C(=N)Br)c(C)c(N3Cc4cccnc4C3)n2)c1. The fraction of sp³-hybridized carbons (Fsp3) is 0.357. The Morgan fingerprint density at radius 3 is 2.76 bits per heavy atom. The normalized spacial score (nSPS) is 14.1. The highest BCUT2D eigenvalue weighted by Gasteiger charge is 2.26. The molecule has 3 aromatic rings. The number of rotatable bonds is 10. The molecule has 0 fully saturated rings. The minimum absolute atomic E-state index is 0.193. The molecule has 1 aromatic carbocycles. The molecular weight excluding hydrogens is 568 g/mol. The standard InChI is InChI=1S/C28H32BrClN6O2/c1-5-7-19(37)15-38-20-9-10-22(30)21(12-20)27-34-25(24(32-4)16(2)26(29)31)17(3)28(35-27)36-13-18-8-6-11-33-23(18)14-36/h6,8-12,19,31-32,37H,5,7,13-15H2,1-4H3/b24-16-,31-26?/t19-/m1/s1. The number of aromatic nitrogens is 3. The summed E-state index contributed by atoms with van der Waals surface area (Å²) in [7, 11) is 1.81. The van der Waals surface area contributed by atoms with Crippen LogP contribution in [0.4, 0.5) is 5.82 Å². The Morgan fingerprint density at radius 2 is 2.08 bits per heavy atom. The number of hydrogen-bond donors (Lipinski definition) is 3. The number of anilines is 1. The highest BCUT2D eigenvalue weighted by Crippen LogP contribution is 2.36. The maximum atomic E-state index is 10.1. The van der Waals surface area contributed by atoms with Crippen molar-refractivity contribution >= 4 is 43.7 Å². The molecule has 38 heavy (non-hydrogen) atoms. The van der Waals surface area contributed by atoms with Crippen molar-refractivity contribution < 1.29 is 9.84 Å². The molecule has 4 rings (SSSR count). The Kier molecular flexibility index (Phi) is 9.02. The van der Waals surface area contributed by atoms with Gasteiger partial charge in [-0.3, -0.25) is 10.4 Å². The molecule has 3 heterocycles. The van der Waals surface area contributed by atoms with Crippen molar-refractivity contribution in [2.24, 2.45) is 0 Å². The summed E-state index contributed by atoms with van der Waals surface area (Å²) in [6, 6.07) is 9.37. The number of nitrogens with one attached hydrogen (secondary N) is 2. The first kappa shape index (κ1) is 28.0. The minimum Gasteiger partial charge on any atom is -0.491 e. The summed E-state index contributed by atoms with van der Waals surface area (Å²) in [6.45, 7) is 7.38. The predicted octanol–water partition coefficient (Wildman–Crippen LogP) is 5.88. The van der Waals surface area contributed by atoms with E-state index in [1.54, 1.807) is 12.1 Å². The number of halogens is 2. The maximum Gasteiger partial charge on any atom is 0.163 e. The Balaban J connectivity index is 1.83. The van der Waals surface area contributed by atoms with Crippen LogP contribution >= 0.6 is 27.5 Å². The molecule has 0 amide bonds. The summed E-state index contributed by atoms with van der Waals surface area (Å²) in [5.74, 6) is 1.79. The second-order valence-corrected chi connectivity index (χ2v) is 10.5. The van der Waals surface area contributed by atoms with Crippen LogP contribution in [0.25, 0.3) is 17.1 Å². The lowest BCUT2D eigenvalue weighted by atomic mass is 10.1. The third-order valence-corrected chi connectivity index (χ3v) is 7.46. The lowest BCUT2D eigenvalue weighted by Gasteiger charge is -2.23. The van der Waals surface area contributed by atoms with Crippen LogP contribution in [-0.2, 0) is 13.1 Å². The quantitative estimate of drug-likeness (QED) is 0.250. The molecule has 0 unspecified atom stereocenters. The molecule has 200 valence electrons. The number of allylic oxidation sites excluding steroid dienone is 1. The van der Waals surface area contributed by atoms with E-state index in [4.69, 9.17) is 31.7 Å². The van der Waals surface area contributed by atoms with Gasteiger partial charge >= 0.3 is 0 Å². The van der Waals surface area contributed by atoms with Gasteiger partial charge < -0.3 is 20.1 Å². The van der Waals surface area contributed by atoms with E-state index in [9.17, 15) is 5.11 Å². The maximum absolute atomic E-state index is 10.1. The summed E-state index contributed by atoms with van der Waals surface area (Å²) in [5.41, 5.74) is 5.80. The second-order valence-electron chi connectivity index (χ2n) is 9.27. The van der Waals surface area contributed by atoms with Crippen LogP contribution < -0.4 is 15.0 Å². The Morgan fingerprint density at radius 1 is 1.29 bits per heavy atom. The summed E-state index contributed by atoms with van der Waals surface area (Å²) in [5, 5.41) is 22.0. The largest absolute Gasteiger partial charge is 0.491 e. The number of aliphatic hydroxyl groups is 1. The van der Waals surface area contributed by atoms with Crippen molar-refractivity contribution in [3.8, 4) is 17.1 Å². The number of ether oxygens (including phenoxy) is 1. The van der Waals surface area contributed by atoms with Crippen LogP contribution in [0.5, 0.6) is 5.75 Å². The zero-order chi connectivity index (χ0) is 27.4. The summed E-state index contributed by atoms with van der Waals surface area (Å²) >= 11 is 9.97. The van der Waals surface area contributed by atoms with E-state index in [1.807, 2.05) is 46.1 Å². The van der Waals surface area contributed by atoms with Crippen molar-refractivity contribution in [1.29, 1.82) is 5.41 Å². The molecule has 0 aliphatic carbocycles. The van der Waals surface area contributed by atoms with Crippen LogP contribution in [0.15, 0.2) is 42.1 Å². The molecule has 0 bridgehead atoms. The molecule has 0 radical (unpaired) electrons. The molecule has 0 saturated carbocycles. The molecule has 1 aliphatic heterocycles. The lowest BCUT2D eigenvalue weighted by Crippen LogP contribution is -2.21. The van der Waals surface area contributed by atoms with Crippen molar-refractivity contribution in [1.82, 2.24) is 20.3 Å². The topological polar surface area (TPSA) is 107 Å². The minimum atomic E-state index is -0.538. The molecular formula is C28H32BrClN6O2. The highest BCUT2D eigenvalue weighted by molar-refractivity contribution is 9.18. The van der Waals surface area contributed by atoms with Gasteiger partial charge in [0.1, 0.15) is 22.8 Å². The first-order valence-electron chi connectivity index (χ1n) is 12.5. The first-order valence-corrected chi connectivity index (χ1v) is 13.7. The van der Waals surface area contributed by atoms with Crippen LogP contribution in [0.2, 0.25) is 5.02 Å². The van der Waals surface area contributed by atoms with Crippen LogP contribution in [-0.4, -0.2) is 44.4 Å². The molecule has 1 atom stereocenters. The van der Waals surface area contributed by atoms with Crippen LogP contribution in [0.1, 0.15) is 49.2 Å². The van der Waals surface area contributed by atoms with E-state index < -0.39 is 6.10 Å². The molecule has 0 spiro atoms. The molecule has 1 aliphatic rings. The van der Waals surface area contributed by atoms with Gasteiger partial charge in [0.05, 0.1) is 34.8 Å². The van der Waals surface area contributed by atoms with Gasteiger partial charge in [0.25, 0.3) is 0 Å². The van der Waals surface area contributed by atoms with Gasteiger partial charge in [-0.15, -0.1) is 0 Å². The van der Waals surface area contributed by atoms with E-state index in [2.05, 4.69) is 37.2 Å². The summed E-state index contributed by atoms with van der Waals surface area (Å²) < 4.78 is 6.13. The molecule has 2 aromatic heterocycles. The summed E-state index contributed by atoms with van der Waals surface area (Å²) in [6.07, 6.45) is 2.82. The van der Waals surface area contributed by atoms with E-state index in [1.165, 1.54) is 0 Å². The van der Waals surface area contributed by atoms with Gasteiger partial charge in [0.15, 0.2) is 5.82 Å². The molecule has 10 heteroatoms. The lowest BCUT2D eigenvalue weighted by molar-refractivity contribution is 0.0994. The van der Waals surface area contributed by atoms with Crippen molar-refractivity contribution in [3.63, 3.8) is 0 Å². The zero-order valence-electron chi connectivity index (χ0n) is 22.0.